The highest BCUT2D eigenvalue weighted by Crippen LogP contribution is 2.32. The summed E-state index contributed by atoms with van der Waals surface area (Å²) in [5.41, 5.74) is 5.19. The zero-order chi connectivity index (χ0) is 18.5. The zero-order valence-corrected chi connectivity index (χ0v) is 15.1. The highest BCUT2D eigenvalue weighted by molar-refractivity contribution is 5.69. The third-order valence-corrected chi connectivity index (χ3v) is 4.31. The van der Waals surface area contributed by atoms with E-state index >= 15 is 0 Å². The number of ether oxygens (including phenoxy) is 1. The Morgan fingerprint density at radius 1 is 1.04 bits per heavy atom. The predicted molar refractivity (Wildman–Crippen MR) is 103 cm³/mol. The quantitative estimate of drug-likeness (QED) is 0.662. The van der Waals surface area contributed by atoms with Crippen LogP contribution < -0.4 is 4.74 Å². The van der Waals surface area contributed by atoms with Crippen LogP contribution in [0.1, 0.15) is 24.6 Å². The van der Waals surface area contributed by atoms with Crippen LogP contribution in [0.3, 0.4) is 0 Å². The number of hydrogen-bond acceptors (Lipinski definition) is 2. The average molecular weight is 349 g/mol. The van der Waals surface area contributed by atoms with Crippen molar-refractivity contribution >= 4 is 5.97 Å². The van der Waals surface area contributed by atoms with Gasteiger partial charge in [-0.25, -0.2) is 0 Å². The minimum absolute atomic E-state index is 0.0914. The number of aryl methyl sites for hydroxylation is 2. The molecule has 0 aliphatic heterocycles. The largest absolute Gasteiger partial charge is 0.492 e. The van der Waals surface area contributed by atoms with E-state index in [0.717, 1.165) is 28.4 Å². The molecule has 0 atom stereocenters. The van der Waals surface area contributed by atoms with Crippen LogP contribution in [0.25, 0.3) is 16.9 Å². The highest BCUT2D eigenvalue weighted by atomic mass is 16.5. The Labute approximate surface area is 153 Å². The zero-order valence-electron chi connectivity index (χ0n) is 15.1. The second-order valence-electron chi connectivity index (χ2n) is 6.21. The van der Waals surface area contributed by atoms with Crippen LogP contribution in [0.2, 0.25) is 0 Å². The van der Waals surface area contributed by atoms with Gasteiger partial charge in [0.2, 0.25) is 0 Å². The van der Waals surface area contributed by atoms with Crippen molar-refractivity contribution in [1.82, 2.24) is 4.57 Å². The molecule has 3 rings (SSSR count). The Bertz CT molecular complexity index is 894. The molecule has 3 aromatic rings. The third-order valence-electron chi connectivity index (χ3n) is 4.31. The molecule has 0 aliphatic carbocycles. The molecule has 134 valence electrons. The second-order valence-corrected chi connectivity index (χ2v) is 6.21. The lowest BCUT2D eigenvalue weighted by molar-refractivity contribution is -0.136. The Kier molecular flexibility index (Phi) is 5.42. The van der Waals surface area contributed by atoms with Crippen molar-refractivity contribution in [3.8, 4) is 22.7 Å². The van der Waals surface area contributed by atoms with Gasteiger partial charge in [0, 0.05) is 5.69 Å². The van der Waals surface area contributed by atoms with Crippen molar-refractivity contribution in [3.05, 3.63) is 71.9 Å². The maximum absolute atomic E-state index is 11.1. The van der Waals surface area contributed by atoms with Crippen LogP contribution in [0, 0.1) is 6.92 Å². The normalized spacial score (nSPS) is 10.7. The molecule has 0 saturated heterocycles. The van der Waals surface area contributed by atoms with Crippen molar-refractivity contribution in [2.75, 3.05) is 6.61 Å². The van der Waals surface area contributed by atoms with Gasteiger partial charge in [0.1, 0.15) is 5.75 Å². The van der Waals surface area contributed by atoms with E-state index in [1.165, 1.54) is 5.56 Å². The third kappa shape index (κ3) is 3.80. The smallest absolute Gasteiger partial charge is 0.303 e. The minimum Gasteiger partial charge on any atom is -0.492 e. The van der Waals surface area contributed by atoms with Crippen molar-refractivity contribution in [1.29, 1.82) is 0 Å². The second kappa shape index (κ2) is 7.91. The summed E-state index contributed by atoms with van der Waals surface area (Å²) in [5.74, 6) is -0.0103. The molecule has 0 aliphatic rings. The van der Waals surface area contributed by atoms with E-state index in [1.807, 2.05) is 43.3 Å². The van der Waals surface area contributed by atoms with E-state index in [1.54, 1.807) is 0 Å². The summed E-state index contributed by atoms with van der Waals surface area (Å²) in [7, 11) is 0. The first-order valence-electron chi connectivity index (χ1n) is 8.81. The first kappa shape index (κ1) is 17.8. The lowest BCUT2D eigenvalue weighted by Gasteiger charge is -2.17. The van der Waals surface area contributed by atoms with Gasteiger partial charge in [0.05, 0.1) is 24.4 Å². The maximum atomic E-state index is 11.1. The van der Waals surface area contributed by atoms with Gasteiger partial charge in [-0.05, 0) is 50.1 Å². The van der Waals surface area contributed by atoms with Crippen LogP contribution in [-0.4, -0.2) is 22.2 Å². The Morgan fingerprint density at radius 3 is 2.46 bits per heavy atom. The molecule has 0 amide bonds. The van der Waals surface area contributed by atoms with Gasteiger partial charge in [-0.15, -0.1) is 0 Å². The minimum atomic E-state index is -0.798. The summed E-state index contributed by atoms with van der Waals surface area (Å²) in [6.07, 6.45) is 0.551. The first-order chi connectivity index (χ1) is 12.6. The molecule has 1 N–H and O–H groups in total. The molecular weight excluding hydrogens is 326 g/mol. The van der Waals surface area contributed by atoms with Crippen LogP contribution in [-0.2, 0) is 11.2 Å². The molecule has 0 unspecified atom stereocenters. The lowest BCUT2D eigenvalue weighted by atomic mass is 10.1. The molecule has 0 saturated carbocycles. The van der Waals surface area contributed by atoms with Gasteiger partial charge in [-0.1, -0.05) is 42.0 Å². The number of carbonyl (C=O) groups is 1. The van der Waals surface area contributed by atoms with Crippen LogP contribution >= 0.6 is 0 Å². The molecule has 4 nitrogen and oxygen atoms in total. The van der Waals surface area contributed by atoms with E-state index < -0.39 is 5.97 Å². The fraction of sp³-hybridized carbons (Fsp3) is 0.227. The number of hydrogen-bond donors (Lipinski definition) is 1. The van der Waals surface area contributed by atoms with Gasteiger partial charge in [-0.3, -0.25) is 4.79 Å². The predicted octanol–water partition coefficient (Wildman–Crippen LogP) is 4.87. The number of benzene rings is 2. The maximum Gasteiger partial charge on any atom is 0.303 e. The number of carboxylic acid groups (broad SMARTS) is 1. The molecule has 2 aromatic carbocycles. The lowest BCUT2D eigenvalue weighted by Crippen LogP contribution is -2.07. The number of carboxylic acids is 1. The molecule has 0 radical (unpaired) electrons. The molecule has 1 heterocycles. The molecular formula is C22H23NO3. The number of aromatic nitrogens is 1. The van der Waals surface area contributed by atoms with Gasteiger partial charge in [0.15, 0.2) is 0 Å². The average Bonchev–Trinajstić information content (AvgIpc) is 3.05. The topological polar surface area (TPSA) is 51.5 Å². The molecule has 1 aromatic heterocycles. The van der Waals surface area contributed by atoms with E-state index in [2.05, 4.69) is 35.8 Å². The van der Waals surface area contributed by atoms with Crippen LogP contribution in [0.4, 0.5) is 0 Å². The molecule has 26 heavy (non-hydrogen) atoms. The Balaban J connectivity index is 2.15. The summed E-state index contributed by atoms with van der Waals surface area (Å²) in [5, 5.41) is 9.10. The van der Waals surface area contributed by atoms with Crippen LogP contribution in [0.5, 0.6) is 5.75 Å². The highest BCUT2D eigenvalue weighted by Gasteiger charge is 2.16. The summed E-state index contributed by atoms with van der Waals surface area (Å²) in [6.45, 7) is 4.59. The summed E-state index contributed by atoms with van der Waals surface area (Å²) < 4.78 is 7.92. The van der Waals surface area contributed by atoms with Gasteiger partial charge >= 0.3 is 5.97 Å². The summed E-state index contributed by atoms with van der Waals surface area (Å²) in [6, 6.07) is 20.3. The fourth-order valence-corrected chi connectivity index (χ4v) is 3.06. The fourth-order valence-electron chi connectivity index (χ4n) is 3.06. The SMILES string of the molecule is CCOc1ccccc1-n1c(CCC(=O)O)ccc1-c1ccc(C)cc1. The van der Waals surface area contributed by atoms with Gasteiger partial charge in [0.25, 0.3) is 0 Å². The van der Waals surface area contributed by atoms with Gasteiger partial charge in [-0.2, -0.15) is 0 Å². The number of nitrogens with zero attached hydrogens (tertiary/aromatic N) is 1. The number of para-hydroxylation sites is 2. The summed E-state index contributed by atoms with van der Waals surface area (Å²) in [4.78, 5) is 11.1. The monoisotopic (exact) mass is 349 g/mol. The number of rotatable bonds is 7. The van der Waals surface area contributed by atoms with E-state index in [-0.39, 0.29) is 6.42 Å². The van der Waals surface area contributed by atoms with Crippen molar-refractivity contribution < 1.29 is 14.6 Å². The van der Waals surface area contributed by atoms with Gasteiger partial charge < -0.3 is 14.4 Å². The Hall–Kier alpha value is -3.01. The van der Waals surface area contributed by atoms with Crippen molar-refractivity contribution in [3.63, 3.8) is 0 Å². The number of aliphatic carboxylic acids is 1. The molecule has 0 fully saturated rings. The first-order valence-corrected chi connectivity index (χ1v) is 8.81. The molecule has 0 bridgehead atoms. The van der Waals surface area contributed by atoms with E-state index in [9.17, 15) is 4.79 Å². The van der Waals surface area contributed by atoms with Crippen molar-refractivity contribution in [2.45, 2.75) is 26.7 Å². The van der Waals surface area contributed by atoms with Crippen molar-refractivity contribution in [2.24, 2.45) is 0 Å². The molecule has 4 heteroatoms. The standard InChI is InChI=1S/C22H23NO3/c1-3-26-21-7-5-4-6-20(21)23-18(13-15-22(24)25)12-14-19(23)17-10-8-16(2)9-11-17/h4-12,14H,3,13,15H2,1-2H3,(H,24,25). The summed E-state index contributed by atoms with van der Waals surface area (Å²) >= 11 is 0. The van der Waals surface area contributed by atoms with Crippen LogP contribution in [0.15, 0.2) is 60.7 Å². The van der Waals surface area contributed by atoms with E-state index in [0.29, 0.717) is 13.0 Å². The molecule has 0 spiro atoms. The van der Waals surface area contributed by atoms with E-state index in [4.69, 9.17) is 9.84 Å². The Morgan fingerprint density at radius 2 is 1.77 bits per heavy atom.